The van der Waals surface area contributed by atoms with E-state index >= 15 is 0 Å². The zero-order valence-electron chi connectivity index (χ0n) is 17.7. The Morgan fingerprint density at radius 1 is 1.10 bits per heavy atom. The molecule has 0 saturated carbocycles. The van der Waals surface area contributed by atoms with E-state index in [2.05, 4.69) is 10.6 Å². The van der Waals surface area contributed by atoms with Crippen LogP contribution >= 0.6 is 0 Å². The van der Waals surface area contributed by atoms with Gasteiger partial charge in [-0.1, -0.05) is 13.0 Å². The minimum atomic E-state index is -3.54. The van der Waals surface area contributed by atoms with Crippen LogP contribution in [-0.2, 0) is 19.6 Å². The Hall–Kier alpha value is -1.97. The molecular weight excluding hydrogens is 392 g/mol. The van der Waals surface area contributed by atoms with E-state index in [0.29, 0.717) is 37.6 Å². The maximum Gasteiger partial charge on any atom is 0.243 e. The van der Waals surface area contributed by atoms with Gasteiger partial charge < -0.3 is 10.6 Å². The molecule has 1 aromatic carbocycles. The first-order chi connectivity index (χ1) is 13.6. The van der Waals surface area contributed by atoms with Crippen LogP contribution in [-0.4, -0.2) is 74.7 Å². The molecule has 0 spiro atoms. The maximum absolute atomic E-state index is 12.9. The third-order valence-electron chi connectivity index (χ3n) is 5.13. The summed E-state index contributed by atoms with van der Waals surface area (Å²) in [7, 11) is -3.54. The lowest BCUT2D eigenvalue weighted by Crippen LogP contribution is -2.53. The van der Waals surface area contributed by atoms with Gasteiger partial charge in [-0.05, 0) is 50.5 Å². The molecule has 29 heavy (non-hydrogen) atoms. The van der Waals surface area contributed by atoms with Crippen molar-refractivity contribution in [1.82, 2.24) is 19.8 Å². The zero-order valence-corrected chi connectivity index (χ0v) is 18.5. The van der Waals surface area contributed by atoms with Crippen molar-refractivity contribution in [3.63, 3.8) is 0 Å². The van der Waals surface area contributed by atoms with E-state index in [-0.39, 0.29) is 18.4 Å². The molecule has 2 N–H and O–H groups in total. The normalized spacial score (nSPS) is 17.0. The number of rotatable bonds is 8. The van der Waals surface area contributed by atoms with Gasteiger partial charge in [0.25, 0.3) is 0 Å². The lowest BCUT2D eigenvalue weighted by atomic mass is 10.1. The Morgan fingerprint density at radius 2 is 1.76 bits per heavy atom. The van der Waals surface area contributed by atoms with Crippen molar-refractivity contribution in [2.24, 2.45) is 0 Å². The summed E-state index contributed by atoms with van der Waals surface area (Å²) < 4.78 is 27.2. The van der Waals surface area contributed by atoms with Crippen LogP contribution in [0.15, 0.2) is 23.1 Å². The molecule has 0 aromatic heterocycles. The molecular formula is C20H32N4O4S. The summed E-state index contributed by atoms with van der Waals surface area (Å²) in [5, 5.41) is 5.44. The van der Waals surface area contributed by atoms with Gasteiger partial charge >= 0.3 is 0 Å². The van der Waals surface area contributed by atoms with Crippen molar-refractivity contribution in [1.29, 1.82) is 0 Å². The van der Waals surface area contributed by atoms with Gasteiger partial charge in [0.05, 0.1) is 11.4 Å². The van der Waals surface area contributed by atoms with Crippen LogP contribution in [0.1, 0.15) is 31.4 Å². The van der Waals surface area contributed by atoms with Crippen molar-refractivity contribution < 1.29 is 18.0 Å². The number of nitrogens with one attached hydrogen (secondary N) is 2. The number of sulfonamides is 1. The maximum atomic E-state index is 12.9. The largest absolute Gasteiger partial charge is 0.354 e. The number of piperazine rings is 1. The molecule has 1 aliphatic rings. The van der Waals surface area contributed by atoms with Crippen molar-refractivity contribution >= 4 is 21.8 Å². The fourth-order valence-electron chi connectivity index (χ4n) is 3.11. The molecule has 1 aromatic rings. The Balaban J connectivity index is 1.86. The van der Waals surface area contributed by atoms with Crippen LogP contribution in [0.4, 0.5) is 0 Å². The predicted molar refractivity (Wildman–Crippen MR) is 112 cm³/mol. The third-order valence-corrected chi connectivity index (χ3v) is 7.03. The smallest absolute Gasteiger partial charge is 0.243 e. The van der Waals surface area contributed by atoms with Gasteiger partial charge in [0.15, 0.2) is 0 Å². The summed E-state index contributed by atoms with van der Waals surface area (Å²) in [5.41, 5.74) is 2.00. The fourth-order valence-corrected chi connectivity index (χ4v) is 4.62. The lowest BCUT2D eigenvalue weighted by Gasteiger charge is -2.33. The van der Waals surface area contributed by atoms with Gasteiger partial charge in [-0.25, -0.2) is 8.42 Å². The molecule has 9 heteroatoms. The monoisotopic (exact) mass is 424 g/mol. The predicted octanol–water partition coefficient (Wildman–Crippen LogP) is 0.641. The molecule has 1 fully saturated rings. The van der Waals surface area contributed by atoms with Crippen molar-refractivity contribution in [3.05, 3.63) is 29.3 Å². The molecule has 1 saturated heterocycles. The molecule has 1 heterocycles. The summed E-state index contributed by atoms with van der Waals surface area (Å²) in [5.74, 6) is -0.445. The second kappa shape index (κ2) is 10.2. The van der Waals surface area contributed by atoms with Crippen LogP contribution in [0.25, 0.3) is 0 Å². The number of carbonyl (C=O) groups excluding carboxylic acids is 2. The molecule has 1 aliphatic heterocycles. The van der Waals surface area contributed by atoms with Crippen LogP contribution < -0.4 is 10.6 Å². The van der Waals surface area contributed by atoms with Crippen LogP contribution in [0.3, 0.4) is 0 Å². The summed E-state index contributed by atoms with van der Waals surface area (Å²) in [4.78, 5) is 26.3. The van der Waals surface area contributed by atoms with Crippen molar-refractivity contribution in [3.8, 4) is 0 Å². The molecule has 0 aliphatic carbocycles. The number of hydrogen-bond donors (Lipinski definition) is 2. The van der Waals surface area contributed by atoms with Crippen LogP contribution in [0, 0.1) is 13.8 Å². The Labute approximate surface area is 173 Å². The first kappa shape index (κ1) is 23.3. The SMILES string of the molecule is CCCNC(=O)[C@H](C)NC(=O)CN1CCN(S(=O)(=O)c2ccc(C)c(C)c2)CC1. The quantitative estimate of drug-likeness (QED) is 0.638. The molecule has 0 radical (unpaired) electrons. The van der Waals surface area contributed by atoms with Gasteiger partial charge in [-0.2, -0.15) is 4.31 Å². The Morgan fingerprint density at radius 3 is 2.34 bits per heavy atom. The first-order valence-electron chi connectivity index (χ1n) is 10.0. The molecule has 1 atom stereocenters. The van der Waals surface area contributed by atoms with E-state index in [9.17, 15) is 18.0 Å². The topological polar surface area (TPSA) is 98.8 Å². The average Bonchev–Trinajstić information content (AvgIpc) is 2.68. The number of aryl methyl sites for hydroxylation is 2. The molecule has 2 amide bonds. The minimum Gasteiger partial charge on any atom is -0.354 e. The standard InChI is InChI=1S/C20H32N4O4S/c1-5-8-21-20(26)17(4)22-19(25)14-23-9-11-24(12-10-23)29(27,28)18-7-6-15(2)16(3)13-18/h6-7,13,17H,5,8-12,14H2,1-4H3,(H,21,26)(H,22,25)/t17-/m0/s1. The highest BCUT2D eigenvalue weighted by Crippen LogP contribution is 2.20. The lowest BCUT2D eigenvalue weighted by molar-refractivity contribution is -0.129. The average molecular weight is 425 g/mol. The highest BCUT2D eigenvalue weighted by molar-refractivity contribution is 7.89. The second-order valence-electron chi connectivity index (χ2n) is 7.51. The van der Waals surface area contributed by atoms with Gasteiger partial charge in [0.1, 0.15) is 6.04 Å². The summed E-state index contributed by atoms with van der Waals surface area (Å²) in [6.45, 7) is 9.77. The number of nitrogens with zero attached hydrogens (tertiary/aromatic N) is 2. The zero-order chi connectivity index (χ0) is 21.6. The fraction of sp³-hybridized carbons (Fsp3) is 0.600. The highest BCUT2D eigenvalue weighted by Gasteiger charge is 2.29. The second-order valence-corrected chi connectivity index (χ2v) is 9.44. The van der Waals surface area contributed by atoms with E-state index in [1.165, 1.54) is 4.31 Å². The van der Waals surface area contributed by atoms with Gasteiger partial charge in [0, 0.05) is 32.7 Å². The molecule has 8 nitrogen and oxygen atoms in total. The van der Waals surface area contributed by atoms with Gasteiger partial charge in [-0.3, -0.25) is 14.5 Å². The minimum absolute atomic E-state index is 0.142. The first-order valence-corrected chi connectivity index (χ1v) is 11.5. The molecule has 2 rings (SSSR count). The molecule has 162 valence electrons. The Kier molecular flexibility index (Phi) is 8.18. The van der Waals surface area contributed by atoms with E-state index in [4.69, 9.17) is 0 Å². The van der Waals surface area contributed by atoms with Gasteiger partial charge in [0.2, 0.25) is 21.8 Å². The van der Waals surface area contributed by atoms with Gasteiger partial charge in [-0.15, -0.1) is 0 Å². The highest BCUT2D eigenvalue weighted by atomic mass is 32.2. The van der Waals surface area contributed by atoms with Crippen molar-refractivity contribution in [2.45, 2.75) is 45.1 Å². The number of hydrogen-bond acceptors (Lipinski definition) is 5. The van der Waals surface area contributed by atoms with E-state index in [1.807, 2.05) is 31.7 Å². The third kappa shape index (κ3) is 6.25. The molecule has 0 unspecified atom stereocenters. The van der Waals surface area contributed by atoms with Crippen LogP contribution in [0.5, 0.6) is 0 Å². The number of benzene rings is 1. The Bertz CT molecular complexity index is 833. The summed E-state index contributed by atoms with van der Waals surface area (Å²) in [6.07, 6.45) is 0.835. The molecule has 0 bridgehead atoms. The number of amides is 2. The van der Waals surface area contributed by atoms with Crippen molar-refractivity contribution in [2.75, 3.05) is 39.3 Å². The summed E-state index contributed by atoms with van der Waals surface area (Å²) >= 11 is 0. The van der Waals surface area contributed by atoms with Crippen LogP contribution in [0.2, 0.25) is 0 Å². The summed E-state index contributed by atoms with van der Waals surface area (Å²) in [6, 6.07) is 4.57. The van der Waals surface area contributed by atoms with E-state index in [0.717, 1.165) is 17.5 Å². The number of carbonyl (C=O) groups is 2. The van der Waals surface area contributed by atoms with E-state index in [1.54, 1.807) is 19.1 Å². The van der Waals surface area contributed by atoms with E-state index < -0.39 is 16.1 Å².